The summed E-state index contributed by atoms with van der Waals surface area (Å²) in [5.74, 6) is 0.279. The Kier molecular flexibility index (Phi) is 5.37. The third-order valence-corrected chi connectivity index (χ3v) is 4.52. The van der Waals surface area contributed by atoms with Gasteiger partial charge in [-0.2, -0.15) is 0 Å². The molecule has 0 spiro atoms. The Labute approximate surface area is 119 Å². The van der Waals surface area contributed by atoms with Crippen LogP contribution in [-0.2, 0) is 9.53 Å². The monoisotopic (exact) mass is 303 g/mol. The van der Waals surface area contributed by atoms with E-state index in [-0.39, 0.29) is 18.1 Å². The minimum Gasteiger partial charge on any atom is -0.375 e. The first kappa shape index (κ1) is 14.5. The molecule has 1 aliphatic rings. The molecule has 0 bridgehead atoms. The second-order valence-corrected chi connectivity index (χ2v) is 6.25. The van der Waals surface area contributed by atoms with Crippen LogP contribution < -0.4 is 16.4 Å². The summed E-state index contributed by atoms with van der Waals surface area (Å²) in [5, 5.41) is 14.1. The molecule has 0 radical (unpaired) electrons. The van der Waals surface area contributed by atoms with Crippen LogP contribution in [0, 0.1) is 0 Å². The fourth-order valence-corrected chi connectivity index (χ4v) is 3.29. The highest BCUT2D eigenvalue weighted by Gasteiger charge is 2.28. The van der Waals surface area contributed by atoms with Crippen LogP contribution >= 0.6 is 23.1 Å². The van der Waals surface area contributed by atoms with E-state index in [0.717, 1.165) is 13.1 Å². The zero-order valence-electron chi connectivity index (χ0n) is 10.6. The molecule has 4 N–H and O–H groups in total. The van der Waals surface area contributed by atoms with Crippen LogP contribution in [0.5, 0.6) is 0 Å². The highest BCUT2D eigenvalue weighted by Crippen LogP contribution is 2.23. The Hall–Kier alpha value is -0.900. The molecule has 2 atom stereocenters. The number of anilines is 1. The summed E-state index contributed by atoms with van der Waals surface area (Å²) in [7, 11) is 0. The van der Waals surface area contributed by atoms with Crippen molar-refractivity contribution in [3.05, 3.63) is 0 Å². The third kappa shape index (κ3) is 4.30. The van der Waals surface area contributed by atoms with Gasteiger partial charge in [-0.25, -0.2) is 0 Å². The zero-order valence-corrected chi connectivity index (χ0v) is 12.2. The number of nitrogen functional groups attached to an aromatic ring is 1. The van der Waals surface area contributed by atoms with Gasteiger partial charge in [0.05, 0.1) is 17.9 Å². The predicted octanol–water partition coefficient (Wildman–Crippen LogP) is -0.294. The average Bonchev–Trinajstić information content (AvgIpc) is 2.97. The molecular weight excluding hydrogens is 286 g/mol. The van der Waals surface area contributed by atoms with Gasteiger partial charge in [0, 0.05) is 19.7 Å². The molecule has 9 heteroatoms. The van der Waals surface area contributed by atoms with E-state index in [1.165, 1.54) is 23.1 Å². The van der Waals surface area contributed by atoms with Crippen LogP contribution in [0.25, 0.3) is 0 Å². The lowest BCUT2D eigenvalue weighted by Gasteiger charge is -2.19. The Bertz CT molecular complexity index is 428. The molecule has 1 aliphatic heterocycles. The number of hydrogen-bond acceptors (Lipinski definition) is 8. The average molecular weight is 303 g/mol. The van der Waals surface area contributed by atoms with Crippen molar-refractivity contribution in [3.8, 4) is 0 Å². The number of nitrogens with one attached hydrogen (secondary N) is 2. The zero-order chi connectivity index (χ0) is 13.7. The fraction of sp³-hybridized carbons (Fsp3) is 0.700. The Morgan fingerprint density at radius 2 is 2.47 bits per heavy atom. The van der Waals surface area contributed by atoms with Crippen molar-refractivity contribution in [2.75, 3.05) is 31.2 Å². The molecule has 0 aliphatic carbocycles. The van der Waals surface area contributed by atoms with Crippen molar-refractivity contribution in [2.45, 2.75) is 23.4 Å². The molecule has 106 valence electrons. The topological polar surface area (TPSA) is 102 Å². The number of aromatic nitrogens is 2. The van der Waals surface area contributed by atoms with Gasteiger partial charge < -0.3 is 21.1 Å². The van der Waals surface area contributed by atoms with Crippen molar-refractivity contribution in [2.24, 2.45) is 0 Å². The highest BCUT2D eigenvalue weighted by molar-refractivity contribution is 8.01. The minimum atomic E-state index is -0.0304. The number of nitrogens with two attached hydrogens (primary N) is 1. The van der Waals surface area contributed by atoms with E-state index in [4.69, 9.17) is 10.5 Å². The summed E-state index contributed by atoms with van der Waals surface area (Å²) in [6, 6.07) is 0.0348. The van der Waals surface area contributed by atoms with Gasteiger partial charge in [-0.05, 0) is 6.92 Å². The lowest BCUT2D eigenvalue weighted by molar-refractivity contribution is -0.120. The Morgan fingerprint density at radius 3 is 3.16 bits per heavy atom. The summed E-state index contributed by atoms with van der Waals surface area (Å²) in [6.07, 6.45) is 0.0520. The summed E-state index contributed by atoms with van der Waals surface area (Å²) >= 11 is 2.62. The van der Waals surface area contributed by atoms with Gasteiger partial charge in [0.15, 0.2) is 4.34 Å². The lowest BCUT2D eigenvalue weighted by Crippen LogP contribution is -2.44. The van der Waals surface area contributed by atoms with E-state index < -0.39 is 0 Å². The van der Waals surface area contributed by atoms with Gasteiger partial charge in [0.1, 0.15) is 0 Å². The predicted molar refractivity (Wildman–Crippen MR) is 75.3 cm³/mol. The maximum absolute atomic E-state index is 11.8. The smallest absolute Gasteiger partial charge is 0.230 e. The van der Waals surface area contributed by atoms with E-state index in [1.54, 1.807) is 0 Å². The maximum Gasteiger partial charge on any atom is 0.230 e. The number of carbonyl (C=O) groups excluding carboxylic acids is 1. The molecule has 0 unspecified atom stereocenters. The summed E-state index contributed by atoms with van der Waals surface area (Å²) in [4.78, 5) is 11.8. The second-order valence-electron chi connectivity index (χ2n) is 4.02. The molecule has 1 fully saturated rings. The first-order valence-electron chi connectivity index (χ1n) is 6.02. The van der Waals surface area contributed by atoms with Gasteiger partial charge in [0.25, 0.3) is 0 Å². The van der Waals surface area contributed by atoms with Gasteiger partial charge in [0.2, 0.25) is 11.0 Å². The quantitative estimate of drug-likeness (QED) is 0.620. The largest absolute Gasteiger partial charge is 0.375 e. The normalized spacial score (nSPS) is 22.6. The van der Waals surface area contributed by atoms with E-state index in [1.807, 2.05) is 6.92 Å². The van der Waals surface area contributed by atoms with Crippen LogP contribution in [-0.4, -0.2) is 53.7 Å². The molecule has 1 aromatic heterocycles. The maximum atomic E-state index is 11.8. The minimum absolute atomic E-state index is 0.0304. The van der Waals surface area contributed by atoms with E-state index in [9.17, 15) is 4.79 Å². The third-order valence-electron chi connectivity index (χ3n) is 2.63. The number of hydrogen-bond donors (Lipinski definition) is 3. The number of amides is 1. The van der Waals surface area contributed by atoms with Gasteiger partial charge in [-0.1, -0.05) is 23.1 Å². The van der Waals surface area contributed by atoms with Crippen LogP contribution in [0.3, 0.4) is 0 Å². The number of carbonyl (C=O) groups is 1. The van der Waals surface area contributed by atoms with E-state index >= 15 is 0 Å². The number of ether oxygens (including phenoxy) is 1. The van der Waals surface area contributed by atoms with Crippen molar-refractivity contribution >= 4 is 34.1 Å². The Balaban J connectivity index is 1.74. The molecular formula is C10H17N5O2S2. The first-order valence-corrected chi connectivity index (χ1v) is 7.82. The molecule has 7 nitrogen and oxygen atoms in total. The molecule has 1 saturated heterocycles. The molecule has 0 saturated carbocycles. The number of thioether (sulfide) groups is 1. The SMILES string of the molecule is CCO[C@H]1CNC[C@@H]1NC(=O)CSc1nnc(N)s1. The van der Waals surface area contributed by atoms with Gasteiger partial charge in [-0.3, -0.25) is 4.79 Å². The number of nitrogens with zero attached hydrogens (tertiary/aromatic N) is 2. The number of rotatable bonds is 6. The van der Waals surface area contributed by atoms with Crippen molar-refractivity contribution in [1.82, 2.24) is 20.8 Å². The molecule has 2 heterocycles. The first-order chi connectivity index (χ1) is 9.19. The molecule has 0 aromatic carbocycles. The molecule has 19 heavy (non-hydrogen) atoms. The summed E-state index contributed by atoms with van der Waals surface area (Å²) in [6.45, 7) is 4.12. The molecule has 2 rings (SSSR count). The van der Waals surface area contributed by atoms with Crippen LogP contribution in [0.15, 0.2) is 4.34 Å². The van der Waals surface area contributed by atoms with E-state index in [0.29, 0.717) is 21.8 Å². The van der Waals surface area contributed by atoms with Crippen LogP contribution in [0.2, 0.25) is 0 Å². The van der Waals surface area contributed by atoms with Crippen molar-refractivity contribution < 1.29 is 9.53 Å². The van der Waals surface area contributed by atoms with Gasteiger partial charge >= 0.3 is 0 Å². The Morgan fingerprint density at radius 1 is 1.63 bits per heavy atom. The van der Waals surface area contributed by atoms with Gasteiger partial charge in [-0.15, -0.1) is 10.2 Å². The van der Waals surface area contributed by atoms with Crippen LogP contribution in [0.4, 0.5) is 5.13 Å². The lowest BCUT2D eigenvalue weighted by atomic mass is 10.2. The second kappa shape index (κ2) is 7.04. The summed E-state index contributed by atoms with van der Waals surface area (Å²) in [5.41, 5.74) is 5.47. The van der Waals surface area contributed by atoms with Crippen LogP contribution in [0.1, 0.15) is 6.92 Å². The standard InChI is InChI=1S/C10H17N5O2S2/c1-2-17-7-4-12-3-6(7)13-8(16)5-18-10-15-14-9(11)19-10/h6-7,12H,2-5H2,1H3,(H2,11,14)(H,13,16)/t6-,7-/m0/s1. The van der Waals surface area contributed by atoms with Crippen molar-refractivity contribution in [3.63, 3.8) is 0 Å². The molecule has 1 aromatic rings. The fourth-order valence-electron chi connectivity index (χ4n) is 1.84. The van der Waals surface area contributed by atoms with Crippen molar-refractivity contribution in [1.29, 1.82) is 0 Å². The highest BCUT2D eigenvalue weighted by atomic mass is 32.2. The summed E-state index contributed by atoms with van der Waals surface area (Å²) < 4.78 is 6.27. The molecule has 1 amide bonds. The van der Waals surface area contributed by atoms with E-state index in [2.05, 4.69) is 20.8 Å².